The molecule has 1 unspecified atom stereocenters. The molecule has 3 aliphatic rings. The highest BCUT2D eigenvalue weighted by Crippen LogP contribution is 2.29. The third-order valence-electron chi connectivity index (χ3n) is 8.86. The number of imidazole rings is 1. The van der Waals surface area contributed by atoms with Crippen molar-refractivity contribution in [2.24, 2.45) is 11.8 Å². The van der Waals surface area contributed by atoms with Gasteiger partial charge in [0.25, 0.3) is 11.8 Å². The second kappa shape index (κ2) is 16.0. The van der Waals surface area contributed by atoms with Gasteiger partial charge in [0.15, 0.2) is 5.82 Å². The number of H-pyrrole nitrogens is 1. The normalized spacial score (nSPS) is 22.3. The Kier molecular flexibility index (Phi) is 12.4. The van der Waals surface area contributed by atoms with Crippen molar-refractivity contribution in [2.45, 2.75) is 119 Å². The monoisotopic (exact) mass is 739 g/mol. The van der Waals surface area contributed by atoms with Crippen LogP contribution < -0.4 is 21.3 Å². The Morgan fingerprint density at radius 3 is 2.31 bits per heavy atom. The number of Topliss-reactive ketones (excluding diaryl/α,β-unsaturated/α-hetero) is 1. The summed E-state index contributed by atoms with van der Waals surface area (Å²) in [6.07, 6.45) is 10.6. The van der Waals surface area contributed by atoms with Crippen LogP contribution in [0.4, 0.5) is 0 Å². The molecule has 1 saturated heterocycles. The van der Waals surface area contributed by atoms with Crippen molar-refractivity contribution >= 4 is 57.9 Å². The van der Waals surface area contributed by atoms with E-state index in [9.17, 15) is 28.8 Å². The number of ketones is 1. The lowest BCUT2D eigenvalue weighted by Crippen LogP contribution is -2.61. The molecule has 2 saturated carbocycles. The van der Waals surface area contributed by atoms with Crippen LogP contribution in [0.3, 0.4) is 0 Å². The number of aromatic nitrogens is 2. The first-order valence-electron chi connectivity index (χ1n) is 16.2. The summed E-state index contributed by atoms with van der Waals surface area (Å²) >= 11 is 2.14. The highest BCUT2D eigenvalue weighted by molar-refractivity contribution is 14.1. The minimum Gasteiger partial charge on any atom is -0.347 e. The summed E-state index contributed by atoms with van der Waals surface area (Å²) in [6.45, 7) is 5.81. The minimum absolute atomic E-state index is 0.0143. The molecule has 0 bridgehead atoms. The third-order valence-corrected chi connectivity index (χ3v) is 10.2. The van der Waals surface area contributed by atoms with E-state index >= 15 is 0 Å². The smallest absolute Gasteiger partial charge is 0.289 e. The summed E-state index contributed by atoms with van der Waals surface area (Å²) in [4.78, 5) is 88.1. The number of rotatable bonds is 14. The van der Waals surface area contributed by atoms with Crippen LogP contribution in [0.25, 0.3) is 0 Å². The molecule has 1 aromatic rings. The molecule has 2 heterocycles. The number of halogens is 1. The number of hydrogen-bond donors (Lipinski definition) is 5. The Morgan fingerprint density at radius 1 is 1.00 bits per heavy atom. The molecule has 1 aromatic heterocycles. The lowest BCUT2D eigenvalue weighted by atomic mass is 9.83. The predicted octanol–water partition coefficient (Wildman–Crippen LogP) is 1.77. The molecular formula is C31H46IN7O6. The molecule has 1 aliphatic heterocycles. The highest BCUT2D eigenvalue weighted by atomic mass is 127. The van der Waals surface area contributed by atoms with Gasteiger partial charge in [0.1, 0.15) is 18.1 Å². The maximum Gasteiger partial charge on any atom is 0.289 e. The quantitative estimate of drug-likeness (QED) is 0.110. The van der Waals surface area contributed by atoms with E-state index in [0.717, 1.165) is 44.9 Å². The van der Waals surface area contributed by atoms with E-state index in [-0.39, 0.29) is 27.6 Å². The lowest BCUT2D eigenvalue weighted by molar-refractivity contribution is -0.144. The number of likely N-dealkylation sites (tertiary alicyclic amines) is 1. The molecule has 5 N–H and O–H groups in total. The zero-order valence-electron chi connectivity index (χ0n) is 26.3. The first-order valence-corrected chi connectivity index (χ1v) is 17.5. The molecule has 3 fully saturated rings. The first-order chi connectivity index (χ1) is 21.5. The molecule has 248 valence electrons. The molecule has 2 aliphatic carbocycles. The molecule has 0 aromatic carbocycles. The van der Waals surface area contributed by atoms with E-state index in [1.807, 2.05) is 20.8 Å². The molecule has 13 nitrogen and oxygen atoms in total. The Bertz CT molecular complexity index is 1230. The van der Waals surface area contributed by atoms with Crippen molar-refractivity contribution in [3.8, 4) is 0 Å². The van der Waals surface area contributed by atoms with Crippen LogP contribution in [-0.2, 0) is 24.0 Å². The molecule has 14 heteroatoms. The van der Waals surface area contributed by atoms with E-state index in [4.69, 9.17) is 0 Å². The molecule has 5 amide bonds. The van der Waals surface area contributed by atoms with Crippen molar-refractivity contribution < 1.29 is 28.8 Å². The largest absolute Gasteiger partial charge is 0.347 e. The van der Waals surface area contributed by atoms with Crippen molar-refractivity contribution in [3.63, 3.8) is 0 Å². The maximum atomic E-state index is 14.1. The minimum atomic E-state index is -0.989. The number of carbonyl (C=O) groups is 6. The van der Waals surface area contributed by atoms with Crippen LogP contribution in [0.1, 0.15) is 95.6 Å². The fraction of sp³-hybridized carbons (Fsp3) is 0.710. The molecule has 45 heavy (non-hydrogen) atoms. The van der Waals surface area contributed by atoms with E-state index in [1.54, 1.807) is 0 Å². The Labute approximate surface area is 277 Å². The third kappa shape index (κ3) is 9.03. The molecule has 5 atom stereocenters. The van der Waals surface area contributed by atoms with Gasteiger partial charge < -0.3 is 31.2 Å². The predicted molar refractivity (Wildman–Crippen MR) is 174 cm³/mol. The van der Waals surface area contributed by atoms with Crippen molar-refractivity contribution in [1.29, 1.82) is 0 Å². The van der Waals surface area contributed by atoms with E-state index in [1.165, 1.54) is 17.3 Å². The molecular weight excluding hydrogens is 693 g/mol. The number of nitrogens with one attached hydrogen (secondary N) is 5. The highest BCUT2D eigenvalue weighted by Gasteiger charge is 2.45. The van der Waals surface area contributed by atoms with Gasteiger partial charge in [-0.05, 0) is 50.4 Å². The fourth-order valence-electron chi connectivity index (χ4n) is 6.16. The average molecular weight is 740 g/mol. The summed E-state index contributed by atoms with van der Waals surface area (Å²) in [5, 5.41) is 11.2. The van der Waals surface area contributed by atoms with Crippen LogP contribution in [0.5, 0.6) is 0 Å². The zero-order valence-corrected chi connectivity index (χ0v) is 28.4. The number of nitrogens with zero attached hydrogens (tertiary/aromatic N) is 2. The summed E-state index contributed by atoms with van der Waals surface area (Å²) in [6, 6.07) is -3.65. The van der Waals surface area contributed by atoms with E-state index in [0.29, 0.717) is 25.8 Å². The topological polar surface area (TPSA) is 182 Å². The lowest BCUT2D eigenvalue weighted by Gasteiger charge is -2.34. The standard InChI is InChI=1S/C31H46IN7O6/c1-4-8-21(25(40)29(43)35-19-11-12-19)36-28(42)24-20(32)13-16-39(24)31(45)22(17(2)3)37-27(41)23(18-9-6-5-7-10-18)38-30(44)26-33-14-15-34-26/h14-15,17-24H,4-13,16H2,1-3H3,(H,33,34)(H,35,43)(H,36,42)(H,37,41)(H,38,44)/t20-,21?,22-,23-,24-/m0/s1. The zero-order chi connectivity index (χ0) is 32.7. The molecule has 0 radical (unpaired) electrons. The SMILES string of the molecule is CCCC(NC(=O)[C@@H]1[C@@H](I)CCN1C(=O)[C@@H](NC(=O)[C@@H](NC(=O)c1ncc[nH]1)C1CCCCC1)C(C)C)C(=O)C(=O)NC1CC1. The number of hydrogen-bond acceptors (Lipinski definition) is 7. The van der Waals surface area contributed by atoms with Gasteiger partial charge in [0, 0.05) is 28.9 Å². The van der Waals surface area contributed by atoms with Gasteiger partial charge in [-0.2, -0.15) is 0 Å². The summed E-state index contributed by atoms with van der Waals surface area (Å²) in [7, 11) is 0. The second-order valence-electron chi connectivity index (χ2n) is 12.8. The fourth-order valence-corrected chi connectivity index (χ4v) is 7.16. The number of aromatic amines is 1. The van der Waals surface area contributed by atoms with Gasteiger partial charge in [0.2, 0.25) is 23.5 Å². The summed E-state index contributed by atoms with van der Waals surface area (Å²) < 4.78 is -0.227. The van der Waals surface area contributed by atoms with E-state index < -0.39 is 59.5 Å². The van der Waals surface area contributed by atoms with Crippen LogP contribution in [0.15, 0.2) is 12.4 Å². The van der Waals surface area contributed by atoms with Gasteiger partial charge >= 0.3 is 0 Å². The molecule has 4 rings (SSSR count). The van der Waals surface area contributed by atoms with Crippen LogP contribution in [-0.4, -0.2) is 90.9 Å². The Morgan fingerprint density at radius 2 is 1.71 bits per heavy atom. The van der Waals surface area contributed by atoms with Crippen LogP contribution in [0.2, 0.25) is 0 Å². The van der Waals surface area contributed by atoms with Crippen molar-refractivity contribution in [3.05, 3.63) is 18.2 Å². The van der Waals surface area contributed by atoms with Crippen molar-refractivity contribution in [2.75, 3.05) is 6.54 Å². The number of amides is 5. The van der Waals surface area contributed by atoms with Gasteiger partial charge in [-0.3, -0.25) is 28.8 Å². The van der Waals surface area contributed by atoms with Gasteiger partial charge in [-0.15, -0.1) is 0 Å². The second-order valence-corrected chi connectivity index (χ2v) is 14.4. The Hall–Kier alpha value is -3.04. The van der Waals surface area contributed by atoms with E-state index in [2.05, 4.69) is 53.8 Å². The van der Waals surface area contributed by atoms with Gasteiger partial charge in [-0.1, -0.05) is 69.0 Å². The summed E-state index contributed by atoms with van der Waals surface area (Å²) in [5.74, 6) is -3.52. The van der Waals surface area contributed by atoms with Crippen LogP contribution in [0, 0.1) is 11.8 Å². The maximum absolute atomic E-state index is 14.1. The number of carbonyl (C=O) groups excluding carboxylic acids is 6. The summed E-state index contributed by atoms with van der Waals surface area (Å²) in [5.41, 5.74) is 0. The van der Waals surface area contributed by atoms with Crippen molar-refractivity contribution in [1.82, 2.24) is 36.1 Å². The molecule has 0 spiro atoms. The van der Waals surface area contributed by atoms with Crippen LogP contribution >= 0.6 is 22.6 Å². The Balaban J connectivity index is 1.47. The van der Waals surface area contributed by atoms with Gasteiger partial charge in [-0.25, -0.2) is 4.98 Å². The average Bonchev–Trinajstić information content (AvgIpc) is 3.48. The first kappa shape index (κ1) is 34.8. The number of alkyl halides is 1. The van der Waals surface area contributed by atoms with Gasteiger partial charge in [0.05, 0.1) is 6.04 Å².